The molecule has 0 aliphatic carbocycles. The maximum Gasteiger partial charge on any atom is 0.272 e. The van der Waals surface area contributed by atoms with Gasteiger partial charge in [0, 0.05) is 30.9 Å². The van der Waals surface area contributed by atoms with Gasteiger partial charge >= 0.3 is 0 Å². The third-order valence-corrected chi connectivity index (χ3v) is 3.35. The van der Waals surface area contributed by atoms with Gasteiger partial charge in [0.1, 0.15) is 11.5 Å². The van der Waals surface area contributed by atoms with Crippen LogP contribution in [0.15, 0.2) is 30.5 Å². The molecule has 2 rings (SSSR count). The lowest BCUT2D eigenvalue weighted by Crippen LogP contribution is -2.25. The normalized spacial score (nSPS) is 10.6. The number of halogens is 2. The molecule has 0 atom stereocenters. The summed E-state index contributed by atoms with van der Waals surface area (Å²) in [6.45, 7) is 0.150. The van der Waals surface area contributed by atoms with E-state index in [-0.39, 0.29) is 12.5 Å². The highest BCUT2D eigenvalue weighted by Gasteiger charge is 2.18. The molecule has 106 valence electrons. The number of aromatic nitrogens is 1. The molecule has 4 nitrogen and oxygen atoms in total. The topological polar surface area (TPSA) is 51.3 Å². The molecule has 20 heavy (non-hydrogen) atoms. The fraction of sp³-hybridized carbons (Fsp3) is 0.214. The summed E-state index contributed by atoms with van der Waals surface area (Å²) in [5.41, 5.74) is 6.83. The molecule has 0 bridgehead atoms. The average Bonchev–Trinajstić information content (AvgIpc) is 2.74. The van der Waals surface area contributed by atoms with Crippen LogP contribution in [0.2, 0.25) is 5.02 Å². The lowest BCUT2D eigenvalue weighted by molar-refractivity contribution is 0.0818. The summed E-state index contributed by atoms with van der Waals surface area (Å²) in [5.74, 6) is -0.645. The van der Waals surface area contributed by atoms with Gasteiger partial charge in [-0.1, -0.05) is 17.7 Å². The zero-order valence-electron chi connectivity index (χ0n) is 11.2. The van der Waals surface area contributed by atoms with Gasteiger partial charge in [-0.2, -0.15) is 0 Å². The molecule has 0 saturated carbocycles. The molecule has 0 aliphatic rings. The zero-order valence-corrected chi connectivity index (χ0v) is 12.0. The van der Waals surface area contributed by atoms with E-state index in [1.807, 2.05) is 0 Å². The van der Waals surface area contributed by atoms with E-state index in [2.05, 4.69) is 0 Å². The van der Waals surface area contributed by atoms with E-state index >= 15 is 0 Å². The predicted molar refractivity (Wildman–Crippen MR) is 77.4 cm³/mol. The number of hydrogen-bond acceptors (Lipinski definition) is 2. The summed E-state index contributed by atoms with van der Waals surface area (Å²) >= 11 is 6.00. The molecule has 0 spiro atoms. The van der Waals surface area contributed by atoms with Gasteiger partial charge in [-0.3, -0.25) is 4.79 Å². The number of nitrogen functional groups attached to an aromatic ring is 1. The minimum atomic E-state index is -0.409. The first-order chi connectivity index (χ1) is 9.41. The fourth-order valence-corrected chi connectivity index (χ4v) is 2.16. The zero-order chi connectivity index (χ0) is 14.9. The summed E-state index contributed by atoms with van der Waals surface area (Å²) in [7, 11) is 3.27. The van der Waals surface area contributed by atoms with Crippen LogP contribution in [0.25, 0.3) is 0 Å². The summed E-state index contributed by atoms with van der Waals surface area (Å²) in [6, 6.07) is 6.10. The van der Waals surface area contributed by atoms with Crippen LogP contribution in [0.1, 0.15) is 16.1 Å². The monoisotopic (exact) mass is 295 g/mol. The highest BCUT2D eigenvalue weighted by molar-refractivity contribution is 6.31. The molecule has 2 aromatic rings. The summed E-state index contributed by atoms with van der Waals surface area (Å²) in [6.07, 6.45) is 1.65. The Balaban J connectivity index is 2.43. The highest BCUT2D eigenvalue weighted by Crippen LogP contribution is 2.23. The molecule has 1 aromatic carbocycles. The van der Waals surface area contributed by atoms with Gasteiger partial charge in [0.15, 0.2) is 0 Å². The van der Waals surface area contributed by atoms with Gasteiger partial charge in [0.25, 0.3) is 5.91 Å². The Kier molecular flexibility index (Phi) is 3.99. The molecule has 1 heterocycles. The van der Waals surface area contributed by atoms with Crippen molar-refractivity contribution in [2.45, 2.75) is 6.54 Å². The van der Waals surface area contributed by atoms with Crippen molar-refractivity contribution in [1.82, 2.24) is 9.47 Å². The van der Waals surface area contributed by atoms with Crippen LogP contribution >= 0.6 is 11.6 Å². The quantitative estimate of drug-likeness (QED) is 0.946. The molecule has 1 amide bonds. The number of benzene rings is 1. The molecule has 0 unspecified atom stereocenters. The van der Waals surface area contributed by atoms with Crippen molar-refractivity contribution >= 4 is 23.2 Å². The van der Waals surface area contributed by atoms with Gasteiger partial charge in [0.2, 0.25) is 0 Å². The van der Waals surface area contributed by atoms with Crippen molar-refractivity contribution in [1.29, 1.82) is 0 Å². The minimum absolute atomic E-state index is 0.150. The van der Waals surface area contributed by atoms with Crippen LogP contribution in [0.5, 0.6) is 0 Å². The van der Waals surface area contributed by atoms with Gasteiger partial charge < -0.3 is 15.2 Å². The summed E-state index contributed by atoms with van der Waals surface area (Å²) < 4.78 is 15.4. The standard InChI is InChI=1S/C14H15ClFN3O/c1-18(2)14(20)13-12(17)6-7-19(13)8-9-10(15)4-3-5-11(9)16/h3-7H,8,17H2,1-2H3. The van der Waals surface area contributed by atoms with Crippen molar-refractivity contribution in [3.8, 4) is 0 Å². The number of anilines is 1. The first-order valence-electron chi connectivity index (χ1n) is 6.01. The predicted octanol–water partition coefficient (Wildman–Crippen LogP) is 2.61. The molecule has 0 saturated heterocycles. The second-order valence-corrected chi connectivity index (χ2v) is 5.05. The van der Waals surface area contributed by atoms with E-state index in [0.717, 1.165) is 0 Å². The first-order valence-corrected chi connectivity index (χ1v) is 6.38. The lowest BCUT2D eigenvalue weighted by atomic mass is 10.2. The van der Waals surface area contributed by atoms with Crippen LogP contribution in [0.3, 0.4) is 0 Å². The van der Waals surface area contributed by atoms with E-state index in [1.165, 1.54) is 17.0 Å². The maximum atomic E-state index is 13.8. The number of hydrogen-bond donors (Lipinski definition) is 1. The van der Waals surface area contributed by atoms with Crippen molar-refractivity contribution in [3.05, 3.63) is 52.6 Å². The Labute approximate surface area is 121 Å². The smallest absolute Gasteiger partial charge is 0.272 e. The van der Waals surface area contributed by atoms with E-state index < -0.39 is 5.82 Å². The number of nitrogens with two attached hydrogens (primary N) is 1. The first kappa shape index (κ1) is 14.4. The number of rotatable bonds is 3. The minimum Gasteiger partial charge on any atom is -0.397 e. The van der Waals surface area contributed by atoms with Crippen LogP contribution in [0, 0.1) is 5.82 Å². The Morgan fingerprint density at radius 3 is 2.70 bits per heavy atom. The molecule has 0 aliphatic heterocycles. The number of carbonyl (C=O) groups is 1. The van der Waals surface area contributed by atoms with Crippen molar-refractivity contribution in [2.75, 3.05) is 19.8 Å². The van der Waals surface area contributed by atoms with Crippen LogP contribution in [-0.2, 0) is 6.54 Å². The van der Waals surface area contributed by atoms with Crippen molar-refractivity contribution in [2.24, 2.45) is 0 Å². The van der Waals surface area contributed by atoms with E-state index in [9.17, 15) is 9.18 Å². The molecule has 0 fully saturated rings. The van der Waals surface area contributed by atoms with E-state index in [4.69, 9.17) is 17.3 Å². The van der Waals surface area contributed by atoms with Gasteiger partial charge in [0.05, 0.1) is 12.2 Å². The van der Waals surface area contributed by atoms with Crippen LogP contribution in [0.4, 0.5) is 10.1 Å². The molecule has 6 heteroatoms. The van der Waals surface area contributed by atoms with Crippen molar-refractivity contribution < 1.29 is 9.18 Å². The highest BCUT2D eigenvalue weighted by atomic mass is 35.5. The molecular formula is C14H15ClFN3O. The lowest BCUT2D eigenvalue weighted by Gasteiger charge is -2.15. The molecular weight excluding hydrogens is 281 g/mol. The van der Waals surface area contributed by atoms with Crippen LogP contribution < -0.4 is 5.73 Å². The van der Waals surface area contributed by atoms with Gasteiger partial charge in [-0.25, -0.2) is 4.39 Å². The largest absolute Gasteiger partial charge is 0.397 e. The Morgan fingerprint density at radius 1 is 1.40 bits per heavy atom. The number of nitrogens with zero attached hydrogens (tertiary/aromatic N) is 2. The van der Waals surface area contributed by atoms with E-state index in [0.29, 0.717) is 22.0 Å². The van der Waals surface area contributed by atoms with E-state index in [1.54, 1.807) is 37.0 Å². The Morgan fingerprint density at radius 2 is 2.10 bits per heavy atom. The van der Waals surface area contributed by atoms with Crippen molar-refractivity contribution in [3.63, 3.8) is 0 Å². The number of carbonyl (C=O) groups excluding carboxylic acids is 1. The number of amides is 1. The van der Waals surface area contributed by atoms with Gasteiger partial charge in [-0.15, -0.1) is 0 Å². The Bertz CT molecular complexity index is 632. The molecule has 2 N–H and O–H groups in total. The molecule has 0 radical (unpaired) electrons. The fourth-order valence-electron chi connectivity index (χ4n) is 1.93. The second-order valence-electron chi connectivity index (χ2n) is 4.65. The SMILES string of the molecule is CN(C)C(=O)c1c(N)ccn1Cc1c(F)cccc1Cl. The maximum absolute atomic E-state index is 13.8. The summed E-state index contributed by atoms with van der Waals surface area (Å²) in [4.78, 5) is 13.5. The Hall–Kier alpha value is -2.01. The average molecular weight is 296 g/mol. The second kappa shape index (κ2) is 5.54. The van der Waals surface area contributed by atoms with Crippen LogP contribution in [-0.4, -0.2) is 29.5 Å². The third kappa shape index (κ3) is 2.63. The van der Waals surface area contributed by atoms with Gasteiger partial charge in [-0.05, 0) is 18.2 Å². The molecule has 1 aromatic heterocycles. The third-order valence-electron chi connectivity index (χ3n) is 2.99. The summed E-state index contributed by atoms with van der Waals surface area (Å²) in [5, 5.41) is 0.320.